The van der Waals surface area contributed by atoms with Gasteiger partial charge in [0.1, 0.15) is 0 Å². The van der Waals surface area contributed by atoms with Gasteiger partial charge in [-0.15, -0.1) is 0 Å². The molecule has 2 nitrogen and oxygen atoms in total. The van der Waals surface area contributed by atoms with Crippen molar-refractivity contribution in [3.05, 3.63) is 65.0 Å². The largest absolute Gasteiger partial charge is 0.306 e. The summed E-state index contributed by atoms with van der Waals surface area (Å²) >= 11 is 0. The van der Waals surface area contributed by atoms with E-state index in [1.807, 2.05) is 12.4 Å². The van der Waals surface area contributed by atoms with Crippen LogP contribution in [0.15, 0.2) is 42.7 Å². The van der Waals surface area contributed by atoms with E-state index in [0.29, 0.717) is 6.04 Å². The molecule has 1 aromatic carbocycles. The standard InChI is InChI=1S/C16H20N2/c1-12-8-15(10-17-9-12)11-18-14(3)16-7-5-4-6-13(16)2/h4-10,14,18H,11H2,1-3H3. The van der Waals surface area contributed by atoms with Crippen LogP contribution in [0.25, 0.3) is 0 Å². The topological polar surface area (TPSA) is 24.9 Å². The van der Waals surface area contributed by atoms with Crippen molar-refractivity contribution in [3.63, 3.8) is 0 Å². The number of rotatable bonds is 4. The van der Waals surface area contributed by atoms with Crippen LogP contribution in [0, 0.1) is 13.8 Å². The van der Waals surface area contributed by atoms with Crippen LogP contribution in [0.1, 0.15) is 35.2 Å². The van der Waals surface area contributed by atoms with E-state index in [1.54, 1.807) is 0 Å². The summed E-state index contributed by atoms with van der Waals surface area (Å²) in [5.41, 5.74) is 5.13. The molecule has 94 valence electrons. The average molecular weight is 240 g/mol. The van der Waals surface area contributed by atoms with Gasteiger partial charge in [-0.2, -0.15) is 0 Å². The summed E-state index contributed by atoms with van der Waals surface area (Å²) in [5, 5.41) is 3.54. The van der Waals surface area contributed by atoms with Crippen molar-refractivity contribution >= 4 is 0 Å². The number of aromatic nitrogens is 1. The summed E-state index contributed by atoms with van der Waals surface area (Å²) < 4.78 is 0. The van der Waals surface area contributed by atoms with Gasteiger partial charge in [-0.25, -0.2) is 0 Å². The molecule has 0 radical (unpaired) electrons. The molecule has 2 rings (SSSR count). The lowest BCUT2D eigenvalue weighted by molar-refractivity contribution is 0.571. The monoisotopic (exact) mass is 240 g/mol. The fourth-order valence-corrected chi connectivity index (χ4v) is 2.17. The highest BCUT2D eigenvalue weighted by Crippen LogP contribution is 2.17. The van der Waals surface area contributed by atoms with Gasteiger partial charge in [-0.1, -0.05) is 30.3 Å². The zero-order chi connectivity index (χ0) is 13.0. The smallest absolute Gasteiger partial charge is 0.0313 e. The van der Waals surface area contributed by atoms with Crippen LogP contribution >= 0.6 is 0 Å². The third-order valence-electron chi connectivity index (χ3n) is 3.20. The average Bonchev–Trinajstić information content (AvgIpc) is 2.37. The second-order valence-corrected chi connectivity index (χ2v) is 4.83. The predicted molar refractivity (Wildman–Crippen MR) is 75.4 cm³/mol. The molecule has 1 aromatic heterocycles. The van der Waals surface area contributed by atoms with Gasteiger partial charge in [-0.3, -0.25) is 4.98 Å². The molecule has 18 heavy (non-hydrogen) atoms. The molecule has 1 unspecified atom stereocenters. The van der Waals surface area contributed by atoms with E-state index in [2.05, 4.69) is 61.4 Å². The summed E-state index contributed by atoms with van der Waals surface area (Å²) in [6.45, 7) is 7.28. The third kappa shape index (κ3) is 3.17. The van der Waals surface area contributed by atoms with Crippen molar-refractivity contribution in [1.29, 1.82) is 0 Å². The van der Waals surface area contributed by atoms with Crippen molar-refractivity contribution in [2.75, 3.05) is 0 Å². The van der Waals surface area contributed by atoms with Crippen LogP contribution in [0.4, 0.5) is 0 Å². The molecule has 0 amide bonds. The lowest BCUT2D eigenvalue weighted by Crippen LogP contribution is -2.19. The molecule has 0 aliphatic heterocycles. The Bertz CT molecular complexity index is 520. The Hall–Kier alpha value is -1.67. The quantitative estimate of drug-likeness (QED) is 0.884. The molecule has 0 bridgehead atoms. The Morgan fingerprint density at radius 2 is 1.94 bits per heavy atom. The zero-order valence-electron chi connectivity index (χ0n) is 11.3. The van der Waals surface area contributed by atoms with E-state index in [4.69, 9.17) is 0 Å². The first-order valence-electron chi connectivity index (χ1n) is 6.36. The predicted octanol–water partition coefficient (Wildman–Crippen LogP) is 3.55. The van der Waals surface area contributed by atoms with Crippen LogP contribution < -0.4 is 5.32 Å². The number of pyridine rings is 1. The normalized spacial score (nSPS) is 12.4. The van der Waals surface area contributed by atoms with Crippen molar-refractivity contribution in [1.82, 2.24) is 10.3 Å². The number of hydrogen-bond donors (Lipinski definition) is 1. The minimum Gasteiger partial charge on any atom is -0.306 e. The van der Waals surface area contributed by atoms with Crippen molar-refractivity contribution in [3.8, 4) is 0 Å². The third-order valence-corrected chi connectivity index (χ3v) is 3.20. The van der Waals surface area contributed by atoms with E-state index in [-0.39, 0.29) is 0 Å². The number of nitrogens with one attached hydrogen (secondary N) is 1. The molecule has 1 atom stereocenters. The molecular weight excluding hydrogens is 220 g/mol. The van der Waals surface area contributed by atoms with Gasteiger partial charge in [0.25, 0.3) is 0 Å². The Morgan fingerprint density at radius 1 is 1.17 bits per heavy atom. The van der Waals surface area contributed by atoms with Gasteiger partial charge in [0.15, 0.2) is 0 Å². The molecule has 2 heteroatoms. The lowest BCUT2D eigenvalue weighted by Gasteiger charge is -2.16. The zero-order valence-corrected chi connectivity index (χ0v) is 11.3. The Morgan fingerprint density at radius 3 is 2.67 bits per heavy atom. The molecule has 0 aliphatic rings. The van der Waals surface area contributed by atoms with E-state index in [0.717, 1.165) is 6.54 Å². The highest BCUT2D eigenvalue weighted by Gasteiger charge is 2.06. The van der Waals surface area contributed by atoms with Crippen LogP contribution in [0.3, 0.4) is 0 Å². The molecule has 0 spiro atoms. The summed E-state index contributed by atoms with van der Waals surface area (Å²) in [6, 6.07) is 11.0. The van der Waals surface area contributed by atoms with Crippen molar-refractivity contribution < 1.29 is 0 Å². The minimum absolute atomic E-state index is 0.353. The van der Waals surface area contributed by atoms with E-state index < -0.39 is 0 Å². The summed E-state index contributed by atoms with van der Waals surface area (Å²) in [5.74, 6) is 0. The number of aryl methyl sites for hydroxylation is 2. The Labute approximate surface area is 109 Å². The molecule has 0 saturated carbocycles. The minimum atomic E-state index is 0.353. The first-order chi connectivity index (χ1) is 8.66. The van der Waals surface area contributed by atoms with Gasteiger partial charge in [0.05, 0.1) is 0 Å². The van der Waals surface area contributed by atoms with E-state index in [1.165, 1.54) is 22.3 Å². The van der Waals surface area contributed by atoms with E-state index in [9.17, 15) is 0 Å². The van der Waals surface area contributed by atoms with Crippen molar-refractivity contribution in [2.45, 2.75) is 33.4 Å². The SMILES string of the molecule is Cc1cncc(CNC(C)c2ccccc2C)c1. The highest BCUT2D eigenvalue weighted by atomic mass is 14.9. The summed E-state index contributed by atoms with van der Waals surface area (Å²) in [7, 11) is 0. The van der Waals surface area contributed by atoms with Gasteiger partial charge >= 0.3 is 0 Å². The van der Waals surface area contributed by atoms with Crippen LogP contribution in [0.5, 0.6) is 0 Å². The summed E-state index contributed by atoms with van der Waals surface area (Å²) in [4.78, 5) is 4.21. The fourth-order valence-electron chi connectivity index (χ4n) is 2.17. The van der Waals surface area contributed by atoms with Crippen LogP contribution in [0.2, 0.25) is 0 Å². The molecule has 1 N–H and O–H groups in total. The van der Waals surface area contributed by atoms with E-state index >= 15 is 0 Å². The van der Waals surface area contributed by atoms with Gasteiger partial charge in [0, 0.05) is 25.0 Å². The molecular formula is C16H20N2. The molecule has 0 aliphatic carbocycles. The number of nitrogens with zero attached hydrogens (tertiary/aromatic N) is 1. The first kappa shape index (κ1) is 12.8. The molecule has 1 heterocycles. The second kappa shape index (κ2) is 5.78. The van der Waals surface area contributed by atoms with Gasteiger partial charge in [-0.05, 0) is 43.0 Å². The second-order valence-electron chi connectivity index (χ2n) is 4.83. The maximum absolute atomic E-state index is 4.21. The fraction of sp³-hybridized carbons (Fsp3) is 0.312. The lowest BCUT2D eigenvalue weighted by atomic mass is 10.0. The maximum atomic E-state index is 4.21. The Kier molecular flexibility index (Phi) is 4.11. The number of benzene rings is 1. The highest BCUT2D eigenvalue weighted by molar-refractivity contribution is 5.28. The molecule has 2 aromatic rings. The molecule has 0 saturated heterocycles. The Balaban J connectivity index is 2.00. The maximum Gasteiger partial charge on any atom is 0.0313 e. The first-order valence-corrected chi connectivity index (χ1v) is 6.36. The van der Waals surface area contributed by atoms with Gasteiger partial charge in [0.2, 0.25) is 0 Å². The van der Waals surface area contributed by atoms with Gasteiger partial charge < -0.3 is 5.32 Å². The molecule has 0 fully saturated rings. The summed E-state index contributed by atoms with van der Waals surface area (Å²) in [6.07, 6.45) is 3.80. The van der Waals surface area contributed by atoms with Crippen molar-refractivity contribution in [2.24, 2.45) is 0 Å². The van der Waals surface area contributed by atoms with Crippen LogP contribution in [-0.2, 0) is 6.54 Å². The number of hydrogen-bond acceptors (Lipinski definition) is 2. The van der Waals surface area contributed by atoms with Crippen LogP contribution in [-0.4, -0.2) is 4.98 Å².